The minimum absolute atomic E-state index is 0.271. The molecule has 3 heteroatoms. The molecule has 1 aromatic rings. The molecule has 1 aliphatic heterocycles. The van der Waals surface area contributed by atoms with Crippen LogP contribution in [-0.4, -0.2) is 13.3 Å². The zero-order chi connectivity index (χ0) is 11.5. The maximum Gasteiger partial charge on any atom is 0.231 e. The third kappa shape index (κ3) is 2.06. The first kappa shape index (κ1) is 10.7. The van der Waals surface area contributed by atoms with Crippen LogP contribution >= 0.6 is 0 Å². The predicted octanol–water partition coefficient (Wildman–Crippen LogP) is 2.46. The monoisotopic (exact) mass is 217 g/mol. The zero-order valence-corrected chi connectivity index (χ0v) is 9.54. The molecule has 1 aromatic carbocycles. The number of nitrogens with one attached hydrogen (secondary N) is 1. The fraction of sp³-hybridized carbons (Fsp3) is 0.385. The number of terminal acetylenes is 1. The highest BCUT2D eigenvalue weighted by atomic mass is 16.7. The van der Waals surface area contributed by atoms with Crippen LogP contribution in [0, 0.1) is 18.3 Å². The van der Waals surface area contributed by atoms with Crippen LogP contribution in [0.25, 0.3) is 0 Å². The zero-order valence-electron chi connectivity index (χ0n) is 9.54. The third-order valence-corrected chi connectivity index (χ3v) is 2.37. The second kappa shape index (κ2) is 4.36. The summed E-state index contributed by atoms with van der Waals surface area (Å²) in [5, 5.41) is 3.32. The van der Waals surface area contributed by atoms with Gasteiger partial charge in [-0.05, 0) is 5.92 Å². The average Bonchev–Trinajstić information content (AvgIpc) is 2.71. The molecular weight excluding hydrogens is 202 g/mol. The molecule has 3 nitrogen and oxygen atoms in total. The minimum Gasteiger partial charge on any atom is -0.454 e. The molecule has 0 saturated carbocycles. The molecule has 84 valence electrons. The number of hydrogen-bond acceptors (Lipinski definition) is 3. The van der Waals surface area contributed by atoms with Crippen molar-refractivity contribution in [1.29, 1.82) is 0 Å². The van der Waals surface area contributed by atoms with Gasteiger partial charge in [-0.25, -0.2) is 0 Å². The molecule has 1 aliphatic rings. The van der Waals surface area contributed by atoms with Crippen LogP contribution in [0.15, 0.2) is 12.1 Å². The van der Waals surface area contributed by atoms with E-state index in [9.17, 15) is 0 Å². The van der Waals surface area contributed by atoms with Crippen molar-refractivity contribution >= 4 is 5.69 Å². The minimum atomic E-state index is 0.271. The van der Waals surface area contributed by atoms with Crippen molar-refractivity contribution < 1.29 is 9.47 Å². The molecule has 0 atom stereocenters. The van der Waals surface area contributed by atoms with Gasteiger partial charge in [0.2, 0.25) is 6.79 Å². The molecule has 1 N–H and O–H groups in total. The first-order chi connectivity index (χ1) is 7.70. The van der Waals surface area contributed by atoms with Crippen LogP contribution in [0.3, 0.4) is 0 Å². The molecule has 2 rings (SSSR count). The standard InChI is InChI=1S/C13H15NO2/c1-4-10-5-12-13(16-8-15-12)6-11(10)14-7-9(2)3/h1,5-6,9,14H,7-8H2,2-3H3. The summed E-state index contributed by atoms with van der Waals surface area (Å²) < 4.78 is 10.6. The summed E-state index contributed by atoms with van der Waals surface area (Å²) in [5.41, 5.74) is 1.74. The molecule has 0 unspecified atom stereocenters. The summed E-state index contributed by atoms with van der Waals surface area (Å²) in [6.07, 6.45) is 5.46. The first-order valence-electron chi connectivity index (χ1n) is 5.35. The van der Waals surface area contributed by atoms with Crippen molar-refractivity contribution in [3.05, 3.63) is 17.7 Å². The van der Waals surface area contributed by atoms with Crippen molar-refractivity contribution in [3.63, 3.8) is 0 Å². The Hall–Kier alpha value is -1.82. The van der Waals surface area contributed by atoms with E-state index >= 15 is 0 Å². The van der Waals surface area contributed by atoms with Gasteiger partial charge in [-0.2, -0.15) is 0 Å². The second-order valence-electron chi connectivity index (χ2n) is 4.17. The van der Waals surface area contributed by atoms with Crippen LogP contribution in [0.1, 0.15) is 19.4 Å². The Morgan fingerprint density at radius 2 is 2.06 bits per heavy atom. The third-order valence-electron chi connectivity index (χ3n) is 2.37. The molecule has 0 saturated heterocycles. The summed E-state index contributed by atoms with van der Waals surface area (Å²) in [6.45, 7) is 5.45. The van der Waals surface area contributed by atoms with Gasteiger partial charge in [-0.1, -0.05) is 19.8 Å². The quantitative estimate of drug-likeness (QED) is 0.789. The van der Waals surface area contributed by atoms with Gasteiger partial charge in [0, 0.05) is 18.7 Å². The predicted molar refractivity (Wildman–Crippen MR) is 63.8 cm³/mol. The Bertz CT molecular complexity index is 432. The highest BCUT2D eigenvalue weighted by Crippen LogP contribution is 2.36. The van der Waals surface area contributed by atoms with E-state index in [1.54, 1.807) is 0 Å². The van der Waals surface area contributed by atoms with Gasteiger partial charge in [-0.15, -0.1) is 6.42 Å². The number of ether oxygens (including phenoxy) is 2. The van der Waals surface area contributed by atoms with E-state index in [2.05, 4.69) is 25.1 Å². The maximum absolute atomic E-state index is 5.46. The first-order valence-corrected chi connectivity index (χ1v) is 5.35. The largest absolute Gasteiger partial charge is 0.454 e. The Morgan fingerprint density at radius 1 is 1.38 bits per heavy atom. The topological polar surface area (TPSA) is 30.5 Å². The van der Waals surface area contributed by atoms with Gasteiger partial charge in [0.25, 0.3) is 0 Å². The second-order valence-corrected chi connectivity index (χ2v) is 4.17. The number of hydrogen-bond donors (Lipinski definition) is 1. The van der Waals surface area contributed by atoms with Crippen LogP contribution in [0.2, 0.25) is 0 Å². The van der Waals surface area contributed by atoms with E-state index in [1.165, 1.54) is 0 Å². The SMILES string of the molecule is C#Cc1cc2c(cc1NCC(C)C)OCO2. The van der Waals surface area contributed by atoms with Crippen molar-refractivity contribution in [2.75, 3.05) is 18.7 Å². The smallest absolute Gasteiger partial charge is 0.231 e. The molecule has 0 aromatic heterocycles. The van der Waals surface area contributed by atoms with Crippen molar-refractivity contribution in [3.8, 4) is 23.8 Å². The average molecular weight is 217 g/mol. The number of rotatable bonds is 3. The van der Waals surface area contributed by atoms with Crippen LogP contribution in [0.5, 0.6) is 11.5 Å². The molecular formula is C13H15NO2. The summed E-state index contributed by atoms with van der Waals surface area (Å²) in [6, 6.07) is 3.74. The maximum atomic E-state index is 5.46. The van der Waals surface area contributed by atoms with Gasteiger partial charge in [0.15, 0.2) is 11.5 Å². The fourth-order valence-corrected chi connectivity index (χ4v) is 1.52. The summed E-state index contributed by atoms with van der Waals surface area (Å²) in [5.74, 6) is 4.70. The van der Waals surface area contributed by atoms with Gasteiger partial charge < -0.3 is 14.8 Å². The van der Waals surface area contributed by atoms with Gasteiger partial charge in [0.05, 0.1) is 11.3 Å². The molecule has 0 radical (unpaired) electrons. The van der Waals surface area contributed by atoms with E-state index in [0.29, 0.717) is 5.92 Å². The number of fused-ring (bicyclic) bond motifs is 1. The Balaban J connectivity index is 2.26. The molecule has 0 aliphatic carbocycles. The Morgan fingerprint density at radius 3 is 2.69 bits per heavy atom. The van der Waals surface area contributed by atoms with E-state index in [4.69, 9.17) is 15.9 Å². The molecule has 0 fully saturated rings. The molecule has 0 amide bonds. The lowest BCUT2D eigenvalue weighted by atomic mass is 10.1. The van der Waals surface area contributed by atoms with Crippen LogP contribution in [0.4, 0.5) is 5.69 Å². The van der Waals surface area contributed by atoms with Gasteiger partial charge in [0.1, 0.15) is 0 Å². The number of benzene rings is 1. The fourth-order valence-electron chi connectivity index (χ4n) is 1.52. The van der Waals surface area contributed by atoms with E-state index in [1.807, 2.05) is 12.1 Å². The highest BCUT2D eigenvalue weighted by Gasteiger charge is 2.16. The van der Waals surface area contributed by atoms with Gasteiger partial charge >= 0.3 is 0 Å². The van der Waals surface area contributed by atoms with Gasteiger partial charge in [-0.3, -0.25) is 0 Å². The lowest BCUT2D eigenvalue weighted by Crippen LogP contribution is -2.08. The lowest BCUT2D eigenvalue weighted by Gasteiger charge is -2.11. The Kier molecular flexibility index (Phi) is 2.91. The summed E-state index contributed by atoms with van der Waals surface area (Å²) in [4.78, 5) is 0. The van der Waals surface area contributed by atoms with Crippen molar-refractivity contribution in [2.45, 2.75) is 13.8 Å². The lowest BCUT2D eigenvalue weighted by molar-refractivity contribution is 0.174. The van der Waals surface area contributed by atoms with Crippen LogP contribution in [-0.2, 0) is 0 Å². The van der Waals surface area contributed by atoms with Crippen LogP contribution < -0.4 is 14.8 Å². The van der Waals surface area contributed by atoms with Crippen molar-refractivity contribution in [1.82, 2.24) is 0 Å². The van der Waals surface area contributed by atoms with Crippen molar-refractivity contribution in [2.24, 2.45) is 5.92 Å². The molecule has 16 heavy (non-hydrogen) atoms. The van der Waals surface area contributed by atoms with E-state index in [0.717, 1.165) is 29.3 Å². The molecule has 1 heterocycles. The Labute approximate surface area is 95.8 Å². The number of anilines is 1. The van der Waals surface area contributed by atoms with E-state index in [-0.39, 0.29) is 6.79 Å². The van der Waals surface area contributed by atoms with E-state index < -0.39 is 0 Å². The summed E-state index contributed by atoms with van der Waals surface area (Å²) >= 11 is 0. The normalized spacial score (nSPS) is 12.6. The summed E-state index contributed by atoms with van der Waals surface area (Å²) in [7, 11) is 0. The highest BCUT2D eigenvalue weighted by molar-refractivity contribution is 5.66. The molecule has 0 spiro atoms. The molecule has 0 bridgehead atoms.